The fourth-order valence-corrected chi connectivity index (χ4v) is 2.15. The predicted molar refractivity (Wildman–Crippen MR) is 64.5 cm³/mol. The standard InChI is InChI=1S/C13H18FNO2/c1-9-2-7-13(17-9)12(8-16)15-11-5-3-10(14)4-6-11/h3-6,9,12-13,15-16H,2,7-8H2,1H3. The van der Waals surface area contributed by atoms with E-state index in [1.165, 1.54) is 12.1 Å². The van der Waals surface area contributed by atoms with Crippen LogP contribution in [0.3, 0.4) is 0 Å². The van der Waals surface area contributed by atoms with Crippen LogP contribution in [0.15, 0.2) is 24.3 Å². The second kappa shape index (κ2) is 5.47. The third-order valence-corrected chi connectivity index (χ3v) is 3.11. The lowest BCUT2D eigenvalue weighted by Gasteiger charge is -2.23. The zero-order valence-corrected chi connectivity index (χ0v) is 9.90. The number of benzene rings is 1. The summed E-state index contributed by atoms with van der Waals surface area (Å²) in [7, 11) is 0. The summed E-state index contributed by atoms with van der Waals surface area (Å²) in [5, 5.41) is 12.5. The first kappa shape index (κ1) is 12.3. The summed E-state index contributed by atoms with van der Waals surface area (Å²) in [5.74, 6) is -0.262. The molecule has 4 heteroatoms. The number of hydrogen-bond donors (Lipinski definition) is 2. The molecule has 2 rings (SSSR count). The van der Waals surface area contributed by atoms with Crippen LogP contribution < -0.4 is 5.32 Å². The number of aliphatic hydroxyl groups is 1. The molecule has 3 nitrogen and oxygen atoms in total. The van der Waals surface area contributed by atoms with Crippen molar-refractivity contribution < 1.29 is 14.2 Å². The van der Waals surface area contributed by atoms with Crippen LogP contribution in [-0.2, 0) is 4.74 Å². The summed E-state index contributed by atoms with van der Waals surface area (Å²) in [6.45, 7) is 2.04. The molecule has 0 aliphatic carbocycles. The highest BCUT2D eigenvalue weighted by Crippen LogP contribution is 2.23. The quantitative estimate of drug-likeness (QED) is 0.846. The van der Waals surface area contributed by atoms with Crippen LogP contribution >= 0.6 is 0 Å². The maximum atomic E-state index is 12.8. The lowest BCUT2D eigenvalue weighted by Crippen LogP contribution is -2.36. The van der Waals surface area contributed by atoms with E-state index in [0.29, 0.717) is 0 Å². The van der Waals surface area contributed by atoms with E-state index in [4.69, 9.17) is 4.74 Å². The molecule has 1 fully saturated rings. The topological polar surface area (TPSA) is 41.5 Å². The van der Waals surface area contributed by atoms with Gasteiger partial charge in [0.25, 0.3) is 0 Å². The van der Waals surface area contributed by atoms with E-state index in [9.17, 15) is 9.50 Å². The van der Waals surface area contributed by atoms with Crippen LogP contribution in [0.25, 0.3) is 0 Å². The van der Waals surface area contributed by atoms with E-state index in [0.717, 1.165) is 18.5 Å². The SMILES string of the molecule is CC1CCC(C(CO)Nc2ccc(F)cc2)O1. The number of hydrogen-bond acceptors (Lipinski definition) is 3. The minimum atomic E-state index is -0.262. The number of ether oxygens (including phenoxy) is 1. The Morgan fingerprint density at radius 3 is 2.65 bits per heavy atom. The Kier molecular flexibility index (Phi) is 3.97. The fraction of sp³-hybridized carbons (Fsp3) is 0.538. The van der Waals surface area contributed by atoms with Crippen molar-refractivity contribution in [3.8, 4) is 0 Å². The minimum Gasteiger partial charge on any atom is -0.394 e. The van der Waals surface area contributed by atoms with Gasteiger partial charge in [-0.25, -0.2) is 4.39 Å². The monoisotopic (exact) mass is 239 g/mol. The highest BCUT2D eigenvalue weighted by molar-refractivity contribution is 5.44. The molecule has 1 aliphatic rings. The van der Waals surface area contributed by atoms with Gasteiger partial charge in [-0.2, -0.15) is 0 Å². The summed E-state index contributed by atoms with van der Waals surface area (Å²) in [5.41, 5.74) is 0.800. The van der Waals surface area contributed by atoms with Crippen LogP contribution in [-0.4, -0.2) is 30.0 Å². The molecule has 94 valence electrons. The molecule has 0 saturated carbocycles. The molecule has 1 aliphatic heterocycles. The third-order valence-electron chi connectivity index (χ3n) is 3.11. The summed E-state index contributed by atoms with van der Waals surface area (Å²) >= 11 is 0. The molecule has 0 radical (unpaired) electrons. The summed E-state index contributed by atoms with van der Waals surface area (Å²) in [6, 6.07) is 5.99. The van der Waals surface area contributed by atoms with Crippen LogP contribution in [0.2, 0.25) is 0 Å². The van der Waals surface area contributed by atoms with Gasteiger partial charge in [-0.3, -0.25) is 0 Å². The van der Waals surface area contributed by atoms with Gasteiger partial charge in [-0.1, -0.05) is 0 Å². The average Bonchev–Trinajstić information content (AvgIpc) is 2.75. The Hall–Kier alpha value is -1.13. The van der Waals surface area contributed by atoms with Crippen molar-refractivity contribution in [1.82, 2.24) is 0 Å². The second-order valence-corrected chi connectivity index (χ2v) is 4.50. The largest absolute Gasteiger partial charge is 0.394 e. The van der Waals surface area contributed by atoms with Gasteiger partial charge in [-0.15, -0.1) is 0 Å². The molecule has 0 bridgehead atoms. The molecule has 3 atom stereocenters. The smallest absolute Gasteiger partial charge is 0.123 e. The first-order chi connectivity index (χ1) is 8.19. The van der Waals surface area contributed by atoms with E-state index in [1.54, 1.807) is 12.1 Å². The number of rotatable bonds is 4. The van der Waals surface area contributed by atoms with Gasteiger partial charge in [0.05, 0.1) is 24.9 Å². The van der Waals surface area contributed by atoms with Crippen molar-refractivity contribution in [2.45, 2.75) is 38.0 Å². The maximum absolute atomic E-state index is 12.8. The average molecular weight is 239 g/mol. The van der Waals surface area contributed by atoms with Crippen molar-refractivity contribution >= 4 is 5.69 Å². The molecular weight excluding hydrogens is 221 g/mol. The number of halogens is 1. The number of aliphatic hydroxyl groups excluding tert-OH is 1. The minimum absolute atomic E-state index is 0.00869. The van der Waals surface area contributed by atoms with Crippen LogP contribution in [0, 0.1) is 5.82 Å². The first-order valence-electron chi connectivity index (χ1n) is 5.97. The molecule has 1 saturated heterocycles. The highest BCUT2D eigenvalue weighted by atomic mass is 19.1. The zero-order valence-electron chi connectivity index (χ0n) is 9.90. The van der Waals surface area contributed by atoms with Gasteiger partial charge in [0.1, 0.15) is 5.82 Å². The van der Waals surface area contributed by atoms with E-state index < -0.39 is 0 Å². The lowest BCUT2D eigenvalue weighted by molar-refractivity contribution is 0.0324. The number of anilines is 1. The van der Waals surface area contributed by atoms with Crippen LogP contribution in [0.4, 0.5) is 10.1 Å². The fourth-order valence-electron chi connectivity index (χ4n) is 2.15. The van der Waals surface area contributed by atoms with E-state index >= 15 is 0 Å². The van der Waals surface area contributed by atoms with Gasteiger partial charge in [0.2, 0.25) is 0 Å². The molecular formula is C13H18FNO2. The molecule has 3 unspecified atom stereocenters. The summed E-state index contributed by atoms with van der Waals surface area (Å²) in [6.07, 6.45) is 2.25. The maximum Gasteiger partial charge on any atom is 0.123 e. The normalized spacial score (nSPS) is 25.8. The second-order valence-electron chi connectivity index (χ2n) is 4.50. The van der Waals surface area contributed by atoms with Gasteiger partial charge >= 0.3 is 0 Å². The predicted octanol–water partition coefficient (Wildman–Crippen LogP) is 2.17. The van der Waals surface area contributed by atoms with Crippen LogP contribution in [0.5, 0.6) is 0 Å². The Labute approximate surface area is 101 Å². The van der Waals surface area contributed by atoms with Gasteiger partial charge in [-0.05, 0) is 44.0 Å². The van der Waals surface area contributed by atoms with Crippen molar-refractivity contribution in [3.05, 3.63) is 30.1 Å². The Morgan fingerprint density at radius 2 is 2.12 bits per heavy atom. The molecule has 1 heterocycles. The number of nitrogens with one attached hydrogen (secondary N) is 1. The van der Waals surface area contributed by atoms with Crippen LogP contribution in [0.1, 0.15) is 19.8 Å². The lowest BCUT2D eigenvalue weighted by atomic mass is 10.1. The molecule has 1 aromatic rings. The first-order valence-corrected chi connectivity index (χ1v) is 5.97. The van der Waals surface area contributed by atoms with Crippen molar-refractivity contribution in [3.63, 3.8) is 0 Å². The molecule has 0 amide bonds. The highest BCUT2D eigenvalue weighted by Gasteiger charge is 2.29. The van der Waals surface area contributed by atoms with E-state index in [1.807, 2.05) is 6.92 Å². The van der Waals surface area contributed by atoms with Crippen molar-refractivity contribution in [2.24, 2.45) is 0 Å². The van der Waals surface area contributed by atoms with Gasteiger partial charge < -0.3 is 15.2 Å². The molecule has 0 spiro atoms. The summed E-state index contributed by atoms with van der Waals surface area (Å²) in [4.78, 5) is 0. The zero-order chi connectivity index (χ0) is 12.3. The van der Waals surface area contributed by atoms with Crippen molar-refractivity contribution in [2.75, 3.05) is 11.9 Å². The molecule has 17 heavy (non-hydrogen) atoms. The van der Waals surface area contributed by atoms with Gasteiger partial charge in [0.15, 0.2) is 0 Å². The molecule has 0 aromatic heterocycles. The molecule has 1 aromatic carbocycles. The van der Waals surface area contributed by atoms with E-state index in [2.05, 4.69) is 5.32 Å². The Bertz CT molecular complexity index is 355. The Balaban J connectivity index is 1.97. The molecule has 2 N–H and O–H groups in total. The Morgan fingerprint density at radius 1 is 1.41 bits per heavy atom. The van der Waals surface area contributed by atoms with Crippen molar-refractivity contribution in [1.29, 1.82) is 0 Å². The summed E-state index contributed by atoms with van der Waals surface area (Å²) < 4.78 is 18.5. The van der Waals surface area contributed by atoms with Gasteiger partial charge in [0, 0.05) is 5.69 Å². The van der Waals surface area contributed by atoms with E-state index in [-0.39, 0.29) is 30.7 Å². The third kappa shape index (κ3) is 3.17.